The Morgan fingerprint density at radius 2 is 1.65 bits per heavy atom. The Hall–Kier alpha value is -3.65. The van der Waals surface area contributed by atoms with Gasteiger partial charge in [-0.25, -0.2) is 4.79 Å². The summed E-state index contributed by atoms with van der Waals surface area (Å²) in [5.74, 6) is -2.26. The zero-order valence-electron chi connectivity index (χ0n) is 34.5. The third kappa shape index (κ3) is 13.5. The van der Waals surface area contributed by atoms with Gasteiger partial charge in [0.1, 0.15) is 36.0 Å². The average Bonchev–Trinajstić information content (AvgIpc) is 3.62. The summed E-state index contributed by atoms with van der Waals surface area (Å²) in [6.45, 7) is 15.9. The van der Waals surface area contributed by atoms with Crippen LogP contribution in [0, 0.1) is 23.2 Å². The maximum Gasteiger partial charge on any atom is 0.329 e. The molecule has 2 aliphatic rings. The SMILES string of the molecule is COc1ccc(CC2NC(=O)CCCN=C(SC)C(C)C(O)CC(C)CC(C(C)(C)C)OC(=O)C3CCCN3C(=O)C(C(C)C)NC(=O)C(C)NC2=O)cc1. The van der Waals surface area contributed by atoms with E-state index in [1.807, 2.05) is 54.7 Å². The molecule has 8 atom stereocenters. The molecule has 1 aromatic carbocycles. The van der Waals surface area contributed by atoms with Crippen LogP contribution in [0.3, 0.4) is 0 Å². The summed E-state index contributed by atoms with van der Waals surface area (Å²) in [4.78, 5) is 74.6. The quantitative estimate of drug-likeness (QED) is 0.325. The van der Waals surface area contributed by atoms with Gasteiger partial charge in [0.15, 0.2) is 0 Å². The molecule has 1 aromatic rings. The fraction of sp³-hybridized carbons (Fsp3) is 0.707. The Labute approximate surface area is 331 Å². The van der Waals surface area contributed by atoms with Crippen LogP contribution in [0.5, 0.6) is 5.75 Å². The summed E-state index contributed by atoms with van der Waals surface area (Å²) in [6.07, 6.45) is 3.48. The minimum absolute atomic E-state index is 0.00164. The third-order valence-electron chi connectivity index (χ3n) is 10.5. The monoisotopic (exact) mass is 787 g/mol. The number of cyclic esters (lactones) is 1. The maximum atomic E-state index is 14.1. The number of aliphatic imine (C=N–C) groups is 1. The molecule has 0 bridgehead atoms. The lowest BCUT2D eigenvalue weighted by Crippen LogP contribution is -2.58. The lowest BCUT2D eigenvalue weighted by atomic mass is 9.81. The van der Waals surface area contributed by atoms with Gasteiger partial charge in [0.2, 0.25) is 23.6 Å². The van der Waals surface area contributed by atoms with Crippen molar-refractivity contribution in [3.8, 4) is 5.75 Å². The number of carbonyl (C=O) groups excluding carboxylic acids is 5. The number of hydrogen-bond acceptors (Lipinski definition) is 10. The lowest BCUT2D eigenvalue weighted by molar-refractivity contribution is -0.164. The van der Waals surface area contributed by atoms with Crippen LogP contribution < -0.4 is 20.7 Å². The van der Waals surface area contributed by atoms with E-state index in [4.69, 9.17) is 14.5 Å². The Morgan fingerprint density at radius 1 is 0.982 bits per heavy atom. The second-order valence-corrected chi connectivity index (χ2v) is 17.4. The normalized spacial score (nSPS) is 29.2. The van der Waals surface area contributed by atoms with Crippen molar-refractivity contribution in [3.05, 3.63) is 29.8 Å². The summed E-state index contributed by atoms with van der Waals surface area (Å²) in [5, 5.41) is 20.5. The Balaban J connectivity index is 1.94. The highest BCUT2D eigenvalue weighted by Gasteiger charge is 2.42. The number of thioether (sulfide) groups is 1. The zero-order chi connectivity index (χ0) is 41.0. The molecule has 0 radical (unpaired) electrons. The minimum atomic E-state index is -1.04. The van der Waals surface area contributed by atoms with E-state index in [1.165, 1.54) is 23.6 Å². The van der Waals surface area contributed by atoms with Gasteiger partial charge in [-0.1, -0.05) is 60.6 Å². The van der Waals surface area contributed by atoms with Crippen LogP contribution in [-0.4, -0.2) is 107 Å². The van der Waals surface area contributed by atoms with Crippen molar-refractivity contribution in [3.63, 3.8) is 0 Å². The number of benzene rings is 1. The van der Waals surface area contributed by atoms with Crippen molar-refractivity contribution in [2.75, 3.05) is 26.5 Å². The van der Waals surface area contributed by atoms with Gasteiger partial charge in [-0.05, 0) is 80.2 Å². The number of aliphatic hydroxyl groups is 1. The number of hydrogen-bond donors (Lipinski definition) is 4. The van der Waals surface area contributed by atoms with Crippen molar-refractivity contribution < 1.29 is 38.6 Å². The number of amides is 4. The molecule has 4 amide bonds. The van der Waals surface area contributed by atoms with E-state index < -0.39 is 59.6 Å². The highest BCUT2D eigenvalue weighted by atomic mass is 32.2. The second kappa shape index (κ2) is 21.0. The first-order valence-corrected chi connectivity index (χ1v) is 20.9. The third-order valence-corrected chi connectivity index (χ3v) is 11.5. The number of nitrogens with zero attached hydrogens (tertiary/aromatic N) is 2. The van der Waals surface area contributed by atoms with E-state index in [2.05, 4.69) is 16.0 Å². The molecule has 14 heteroatoms. The number of esters is 1. The standard InChI is InChI=1S/C41H65N5O8S/c1-24(2)35-39(51)46-20-12-13-31(46)40(52)54-33(41(6,7)8)22-25(3)21-32(47)26(4)38(55-10)42-19-11-14-34(48)44-30(37(50)43-27(5)36(49)45-35)23-28-15-17-29(53-9)18-16-28/h15-18,24-27,30-33,35,47H,11-14,19-23H2,1-10H3,(H,43,50)(H,44,48)(H,45,49). The Morgan fingerprint density at radius 3 is 2.25 bits per heavy atom. The predicted octanol–water partition coefficient (Wildman–Crippen LogP) is 4.29. The average molecular weight is 788 g/mol. The summed E-state index contributed by atoms with van der Waals surface area (Å²) in [5.41, 5.74) is 0.370. The van der Waals surface area contributed by atoms with Gasteiger partial charge >= 0.3 is 5.97 Å². The first kappa shape index (κ1) is 45.7. The fourth-order valence-corrected chi connectivity index (χ4v) is 7.71. The van der Waals surface area contributed by atoms with Gasteiger partial charge in [0, 0.05) is 31.8 Å². The Kier molecular flexibility index (Phi) is 17.5. The molecule has 0 spiro atoms. The molecule has 55 heavy (non-hydrogen) atoms. The van der Waals surface area contributed by atoms with Crippen LogP contribution in [0.1, 0.15) is 99.5 Å². The van der Waals surface area contributed by atoms with Crippen molar-refractivity contribution in [1.29, 1.82) is 0 Å². The van der Waals surface area contributed by atoms with E-state index in [0.717, 1.165) is 10.6 Å². The van der Waals surface area contributed by atoms with Crippen molar-refractivity contribution in [2.24, 2.45) is 28.2 Å². The van der Waals surface area contributed by atoms with Crippen molar-refractivity contribution in [1.82, 2.24) is 20.9 Å². The predicted molar refractivity (Wildman–Crippen MR) is 216 cm³/mol. The van der Waals surface area contributed by atoms with E-state index in [9.17, 15) is 29.1 Å². The number of rotatable bonds is 4. The first-order valence-electron chi connectivity index (χ1n) is 19.7. The van der Waals surface area contributed by atoms with Crippen LogP contribution in [0.15, 0.2) is 29.3 Å². The molecule has 1 saturated heterocycles. The summed E-state index contributed by atoms with van der Waals surface area (Å²) in [6, 6.07) is 3.35. The van der Waals surface area contributed by atoms with Crippen LogP contribution in [0.2, 0.25) is 0 Å². The van der Waals surface area contributed by atoms with Crippen LogP contribution in [-0.2, 0) is 35.1 Å². The van der Waals surface area contributed by atoms with Crippen LogP contribution >= 0.6 is 11.8 Å². The number of carbonyl (C=O) groups is 5. The fourth-order valence-electron chi connectivity index (χ4n) is 6.96. The molecule has 0 aliphatic carbocycles. The molecular weight excluding hydrogens is 723 g/mol. The molecule has 1 fully saturated rings. The minimum Gasteiger partial charge on any atom is -0.497 e. The highest BCUT2D eigenvalue weighted by molar-refractivity contribution is 8.13. The summed E-state index contributed by atoms with van der Waals surface area (Å²) in [7, 11) is 1.56. The zero-order valence-corrected chi connectivity index (χ0v) is 35.3. The van der Waals surface area contributed by atoms with Crippen LogP contribution in [0.25, 0.3) is 0 Å². The van der Waals surface area contributed by atoms with E-state index in [0.29, 0.717) is 50.9 Å². The van der Waals surface area contributed by atoms with Crippen molar-refractivity contribution >= 4 is 46.4 Å². The molecule has 0 aromatic heterocycles. The first-order chi connectivity index (χ1) is 25.9. The van der Waals surface area contributed by atoms with E-state index >= 15 is 0 Å². The summed E-state index contributed by atoms with van der Waals surface area (Å²) >= 11 is 1.46. The molecular formula is C41H65N5O8S. The number of aliphatic hydroxyl groups excluding tert-OH is 1. The van der Waals surface area contributed by atoms with Gasteiger partial charge in [-0.15, -0.1) is 11.8 Å². The lowest BCUT2D eigenvalue weighted by Gasteiger charge is -2.35. The number of methoxy groups -OCH3 is 1. The smallest absolute Gasteiger partial charge is 0.329 e. The van der Waals surface area contributed by atoms with Crippen molar-refractivity contribution in [2.45, 2.75) is 137 Å². The van der Waals surface area contributed by atoms with Crippen LogP contribution in [0.4, 0.5) is 0 Å². The molecule has 2 aliphatic heterocycles. The molecule has 308 valence electrons. The highest BCUT2D eigenvalue weighted by Crippen LogP contribution is 2.32. The Bertz CT molecular complexity index is 1500. The number of ether oxygens (including phenoxy) is 2. The second-order valence-electron chi connectivity index (χ2n) is 16.6. The molecule has 2 heterocycles. The van der Waals surface area contributed by atoms with E-state index in [1.54, 1.807) is 31.4 Å². The molecule has 0 saturated carbocycles. The molecule has 8 unspecified atom stereocenters. The van der Waals surface area contributed by atoms with Gasteiger partial charge in [0.25, 0.3) is 0 Å². The largest absolute Gasteiger partial charge is 0.497 e. The number of fused-ring (bicyclic) bond motifs is 1. The van der Waals surface area contributed by atoms with Gasteiger partial charge < -0.3 is 35.4 Å². The van der Waals surface area contributed by atoms with Gasteiger partial charge in [-0.2, -0.15) is 0 Å². The van der Waals surface area contributed by atoms with E-state index in [-0.39, 0.29) is 42.4 Å². The maximum absolute atomic E-state index is 14.1. The topological polar surface area (TPSA) is 176 Å². The van der Waals surface area contributed by atoms with Gasteiger partial charge in [-0.3, -0.25) is 24.2 Å². The molecule has 13 nitrogen and oxygen atoms in total. The molecule has 3 rings (SSSR count). The van der Waals surface area contributed by atoms with Gasteiger partial charge in [0.05, 0.1) is 18.3 Å². The number of nitrogens with one attached hydrogen (secondary N) is 3. The molecule has 4 N–H and O–H groups in total. The summed E-state index contributed by atoms with van der Waals surface area (Å²) < 4.78 is 11.5.